The Balaban J connectivity index is 2.14. The smallest absolute Gasteiger partial charge is 0.262 e. The van der Waals surface area contributed by atoms with E-state index in [1.54, 1.807) is 7.05 Å². The number of nitrogens with zero attached hydrogens (tertiary/aromatic N) is 1. The molecule has 1 aromatic rings. The molecule has 120 valence electrons. The number of carbonyl (C=O) groups excluding carboxylic acids is 1. The van der Waals surface area contributed by atoms with Crippen molar-refractivity contribution in [1.29, 1.82) is 0 Å². The molecule has 22 heavy (non-hydrogen) atoms. The lowest BCUT2D eigenvalue weighted by molar-refractivity contribution is -0.856. The predicted molar refractivity (Wildman–Crippen MR) is 90.5 cm³/mol. The molecule has 7 heteroatoms. The molecule has 6 nitrogen and oxygen atoms in total. The number of nitrogens with one attached hydrogen (secondary N) is 3. The van der Waals surface area contributed by atoms with Crippen molar-refractivity contribution in [3.63, 3.8) is 0 Å². The van der Waals surface area contributed by atoms with Crippen LogP contribution in [0.1, 0.15) is 0 Å². The first-order valence-corrected chi connectivity index (χ1v) is 7.75. The van der Waals surface area contributed by atoms with Crippen LogP contribution in [0.25, 0.3) is 0 Å². The van der Waals surface area contributed by atoms with Crippen molar-refractivity contribution >= 4 is 28.9 Å². The van der Waals surface area contributed by atoms with Gasteiger partial charge in [0.25, 0.3) is 5.91 Å². The maximum Gasteiger partial charge on any atom is 0.262 e. The van der Waals surface area contributed by atoms with Gasteiger partial charge in [-0.2, -0.15) is 0 Å². The minimum absolute atomic E-state index is 0.153. The van der Waals surface area contributed by atoms with Crippen molar-refractivity contribution in [2.24, 2.45) is 0 Å². The van der Waals surface area contributed by atoms with Gasteiger partial charge >= 0.3 is 0 Å². The number of fused-ring (bicyclic) bond motifs is 1. The molecular weight excluding hydrogens is 300 g/mol. The summed E-state index contributed by atoms with van der Waals surface area (Å²) in [6.07, 6.45) is -0.570. The normalized spacial score (nSPS) is 16.7. The summed E-state index contributed by atoms with van der Waals surface area (Å²) in [6.45, 7) is 2.15. The summed E-state index contributed by atoms with van der Waals surface area (Å²) in [5, 5.41) is 6.49. The van der Waals surface area contributed by atoms with Gasteiger partial charge in [0.05, 0.1) is 39.4 Å². The molecule has 0 radical (unpaired) electrons. The molecule has 0 spiro atoms. The molecule has 1 heterocycles. The van der Waals surface area contributed by atoms with Crippen molar-refractivity contribution < 1.29 is 14.4 Å². The highest BCUT2D eigenvalue weighted by molar-refractivity contribution is 7.80. The van der Waals surface area contributed by atoms with Gasteiger partial charge in [-0.05, 0) is 24.4 Å². The zero-order valence-electron chi connectivity index (χ0n) is 13.2. The summed E-state index contributed by atoms with van der Waals surface area (Å²) in [5.74, 6) is 0.518. The van der Waals surface area contributed by atoms with Crippen LogP contribution < -0.4 is 25.2 Å². The van der Waals surface area contributed by atoms with Crippen LogP contribution in [0.5, 0.6) is 5.75 Å². The average molecular weight is 323 g/mol. The SMILES string of the molecule is CNC(=O)[C@H]1CN(C(=S)NCC[NH+](C)C)c2ccccc2O1. The first-order chi connectivity index (χ1) is 10.5. The number of carbonyl (C=O) groups is 1. The van der Waals surface area contributed by atoms with E-state index in [9.17, 15) is 4.79 Å². The van der Waals surface area contributed by atoms with Gasteiger partial charge in [-0.3, -0.25) is 4.79 Å². The van der Waals surface area contributed by atoms with Gasteiger partial charge in [0, 0.05) is 7.05 Å². The van der Waals surface area contributed by atoms with E-state index in [0.717, 1.165) is 18.8 Å². The molecule has 1 aliphatic heterocycles. The van der Waals surface area contributed by atoms with Crippen molar-refractivity contribution in [3.05, 3.63) is 24.3 Å². The lowest BCUT2D eigenvalue weighted by Crippen LogP contribution is -3.06. The lowest BCUT2D eigenvalue weighted by Gasteiger charge is -2.35. The summed E-state index contributed by atoms with van der Waals surface area (Å²) in [7, 11) is 5.79. The number of likely N-dealkylation sites (N-methyl/N-ethyl adjacent to an activating group) is 2. The highest BCUT2D eigenvalue weighted by atomic mass is 32.1. The summed E-state index contributed by atoms with van der Waals surface area (Å²) >= 11 is 5.50. The van der Waals surface area contributed by atoms with Crippen LogP contribution in [0, 0.1) is 0 Å². The van der Waals surface area contributed by atoms with E-state index in [0.29, 0.717) is 17.4 Å². The number of thiocarbonyl (C=S) groups is 1. The van der Waals surface area contributed by atoms with E-state index in [2.05, 4.69) is 24.7 Å². The highest BCUT2D eigenvalue weighted by Gasteiger charge is 2.31. The number of rotatable bonds is 4. The molecule has 1 aromatic carbocycles. The third-order valence-electron chi connectivity index (χ3n) is 3.46. The minimum Gasteiger partial charge on any atom is -0.477 e. The Hall–Kier alpha value is -1.86. The third-order valence-corrected chi connectivity index (χ3v) is 3.82. The number of hydrogen-bond donors (Lipinski definition) is 3. The molecule has 1 atom stereocenters. The van der Waals surface area contributed by atoms with Gasteiger partial charge in [0.1, 0.15) is 5.75 Å². The molecule has 0 unspecified atom stereocenters. The zero-order valence-corrected chi connectivity index (χ0v) is 14.0. The van der Waals surface area contributed by atoms with Crippen LogP contribution in [-0.2, 0) is 4.79 Å². The Labute approximate surface area is 136 Å². The minimum atomic E-state index is -0.570. The molecule has 1 amide bonds. The van der Waals surface area contributed by atoms with Crippen LogP contribution in [0.3, 0.4) is 0 Å². The Morgan fingerprint density at radius 3 is 2.86 bits per heavy atom. The third kappa shape index (κ3) is 3.86. The number of amides is 1. The second kappa shape index (κ2) is 7.42. The van der Waals surface area contributed by atoms with E-state index in [1.165, 1.54) is 4.90 Å². The summed E-state index contributed by atoms with van der Waals surface area (Å²) < 4.78 is 5.76. The molecule has 0 saturated carbocycles. The number of ether oxygens (including phenoxy) is 1. The fourth-order valence-electron chi connectivity index (χ4n) is 2.24. The van der Waals surface area contributed by atoms with Gasteiger partial charge in [-0.15, -0.1) is 0 Å². The quantitative estimate of drug-likeness (QED) is 0.622. The second-order valence-corrected chi connectivity index (χ2v) is 5.87. The number of anilines is 1. The van der Waals surface area contributed by atoms with E-state index < -0.39 is 6.10 Å². The van der Waals surface area contributed by atoms with Crippen LogP contribution in [-0.4, -0.2) is 57.9 Å². The van der Waals surface area contributed by atoms with Crippen LogP contribution in [0.4, 0.5) is 5.69 Å². The molecule has 2 rings (SSSR count). The Kier molecular flexibility index (Phi) is 5.57. The van der Waals surface area contributed by atoms with Gasteiger partial charge in [0.2, 0.25) is 0 Å². The van der Waals surface area contributed by atoms with Gasteiger partial charge in [-0.1, -0.05) is 12.1 Å². The lowest BCUT2D eigenvalue weighted by atomic mass is 10.2. The maximum atomic E-state index is 11.9. The average Bonchev–Trinajstić information content (AvgIpc) is 2.52. The van der Waals surface area contributed by atoms with Crippen molar-refractivity contribution in [1.82, 2.24) is 10.6 Å². The van der Waals surface area contributed by atoms with Crippen LogP contribution in [0.2, 0.25) is 0 Å². The summed E-state index contributed by atoms with van der Waals surface area (Å²) in [6, 6.07) is 7.61. The fraction of sp³-hybridized carbons (Fsp3) is 0.467. The number of para-hydroxylation sites is 2. The Morgan fingerprint density at radius 1 is 1.45 bits per heavy atom. The second-order valence-electron chi connectivity index (χ2n) is 5.49. The molecule has 0 aromatic heterocycles. The van der Waals surface area contributed by atoms with E-state index in [-0.39, 0.29) is 5.91 Å². The van der Waals surface area contributed by atoms with Gasteiger partial charge < -0.3 is 25.2 Å². The van der Waals surface area contributed by atoms with Gasteiger partial charge in [0.15, 0.2) is 11.2 Å². The van der Waals surface area contributed by atoms with Crippen LogP contribution >= 0.6 is 12.2 Å². The predicted octanol–water partition coefficient (Wildman–Crippen LogP) is -0.981. The fourth-order valence-corrected chi connectivity index (χ4v) is 2.51. The largest absolute Gasteiger partial charge is 0.477 e. The van der Waals surface area contributed by atoms with E-state index in [4.69, 9.17) is 17.0 Å². The summed E-state index contributed by atoms with van der Waals surface area (Å²) in [5.41, 5.74) is 0.886. The monoisotopic (exact) mass is 323 g/mol. The van der Waals surface area contributed by atoms with Gasteiger partial charge in [-0.25, -0.2) is 0 Å². The molecule has 0 aliphatic carbocycles. The van der Waals surface area contributed by atoms with E-state index >= 15 is 0 Å². The topological polar surface area (TPSA) is 58.0 Å². The summed E-state index contributed by atoms with van der Waals surface area (Å²) in [4.78, 5) is 15.2. The standard InChI is InChI=1S/C15H22N4O2S/c1-16-14(20)13-10-19(15(22)17-8-9-18(2)3)11-6-4-5-7-12(11)21-13/h4-7,13H,8-10H2,1-3H3,(H,16,20)(H,17,22)/p+1/t13-/m1/s1. The van der Waals surface area contributed by atoms with E-state index in [1.807, 2.05) is 29.2 Å². The number of hydrogen-bond acceptors (Lipinski definition) is 3. The molecule has 0 fully saturated rings. The van der Waals surface area contributed by atoms with Crippen molar-refractivity contribution in [3.8, 4) is 5.75 Å². The first-order valence-electron chi connectivity index (χ1n) is 7.34. The molecular formula is C15H23N4O2S+. The maximum absolute atomic E-state index is 11.9. The Bertz CT molecular complexity index is 550. The Morgan fingerprint density at radius 2 is 2.18 bits per heavy atom. The molecule has 0 bridgehead atoms. The van der Waals surface area contributed by atoms with Crippen LogP contribution in [0.15, 0.2) is 24.3 Å². The first kappa shape index (κ1) is 16.5. The molecule has 3 N–H and O–H groups in total. The molecule has 1 aliphatic rings. The zero-order chi connectivity index (χ0) is 16.1. The van der Waals surface area contributed by atoms with Crippen molar-refractivity contribution in [2.75, 3.05) is 45.7 Å². The number of quaternary nitrogens is 1. The highest BCUT2D eigenvalue weighted by Crippen LogP contribution is 2.33. The number of benzene rings is 1. The molecule has 0 saturated heterocycles. The van der Waals surface area contributed by atoms with Crippen molar-refractivity contribution in [2.45, 2.75) is 6.10 Å².